The molecule has 27 heavy (non-hydrogen) atoms. The average Bonchev–Trinajstić information content (AvgIpc) is 2.63. The van der Waals surface area contributed by atoms with E-state index in [1.165, 1.54) is 24.1 Å². The molecule has 0 saturated carbocycles. The van der Waals surface area contributed by atoms with Crippen molar-refractivity contribution < 1.29 is 22.3 Å². The fourth-order valence-corrected chi connectivity index (χ4v) is 3.82. The number of para-hydroxylation sites is 1. The Kier molecular flexibility index (Phi) is 7.79. The van der Waals surface area contributed by atoms with Gasteiger partial charge in [-0.3, -0.25) is 4.79 Å². The number of likely N-dealkylation sites (N-methyl/N-ethyl adjacent to an activating group) is 1. The lowest BCUT2D eigenvalue weighted by Crippen LogP contribution is -2.36. The van der Waals surface area contributed by atoms with Gasteiger partial charge in [0.1, 0.15) is 12.4 Å². The van der Waals surface area contributed by atoms with Crippen molar-refractivity contribution in [1.82, 2.24) is 4.90 Å². The van der Waals surface area contributed by atoms with Crippen molar-refractivity contribution in [2.24, 2.45) is 0 Å². The third-order valence-electron chi connectivity index (χ3n) is 4.05. The molecule has 0 unspecified atom stereocenters. The standard InChI is InChI=1S/C20H24FNO4S/c1-22(13-14-26-19-12-6-5-11-18(19)21)20(23)16-27(24,25)15-7-10-17-8-3-2-4-9-17/h2-6,8-9,11-12H,7,10,13-16H2,1H3. The SMILES string of the molecule is CN(CCOc1ccccc1F)C(=O)CS(=O)(=O)CCCc1ccccc1. The van der Waals surface area contributed by atoms with Crippen molar-refractivity contribution in [2.75, 3.05) is 31.7 Å². The first-order valence-corrected chi connectivity index (χ1v) is 10.6. The number of rotatable bonds is 10. The highest BCUT2D eigenvalue weighted by Gasteiger charge is 2.19. The molecule has 0 aliphatic rings. The molecule has 0 aromatic heterocycles. The molecule has 5 nitrogen and oxygen atoms in total. The first-order valence-electron chi connectivity index (χ1n) is 8.73. The largest absolute Gasteiger partial charge is 0.489 e. The van der Waals surface area contributed by atoms with Crippen LogP contribution in [0.3, 0.4) is 0 Å². The maximum atomic E-state index is 13.5. The van der Waals surface area contributed by atoms with Gasteiger partial charge in [0, 0.05) is 7.05 Å². The monoisotopic (exact) mass is 393 g/mol. The van der Waals surface area contributed by atoms with E-state index in [-0.39, 0.29) is 24.7 Å². The summed E-state index contributed by atoms with van der Waals surface area (Å²) in [6.07, 6.45) is 1.13. The van der Waals surface area contributed by atoms with Crippen molar-refractivity contribution in [3.63, 3.8) is 0 Å². The lowest BCUT2D eigenvalue weighted by atomic mass is 10.1. The second-order valence-corrected chi connectivity index (χ2v) is 8.46. The van der Waals surface area contributed by atoms with Crippen LogP contribution in [0.15, 0.2) is 54.6 Å². The summed E-state index contributed by atoms with van der Waals surface area (Å²) in [5.41, 5.74) is 1.07. The van der Waals surface area contributed by atoms with E-state index in [9.17, 15) is 17.6 Å². The normalized spacial score (nSPS) is 11.2. The predicted octanol–water partition coefficient (Wildman–Crippen LogP) is 2.71. The Morgan fingerprint density at radius 1 is 1.07 bits per heavy atom. The van der Waals surface area contributed by atoms with Crippen molar-refractivity contribution in [3.05, 3.63) is 66.0 Å². The van der Waals surface area contributed by atoms with Crippen molar-refractivity contribution in [1.29, 1.82) is 0 Å². The molecule has 2 rings (SSSR count). The number of hydrogen-bond donors (Lipinski definition) is 0. The second kappa shape index (κ2) is 10.1. The third kappa shape index (κ3) is 7.38. The van der Waals surface area contributed by atoms with Gasteiger partial charge in [-0.2, -0.15) is 0 Å². The quantitative estimate of drug-likeness (QED) is 0.623. The number of benzene rings is 2. The molecule has 0 aliphatic heterocycles. The number of halogens is 1. The zero-order valence-corrected chi connectivity index (χ0v) is 16.1. The van der Waals surface area contributed by atoms with Crippen LogP contribution in [0.2, 0.25) is 0 Å². The molecule has 0 spiro atoms. The maximum Gasteiger partial charge on any atom is 0.237 e. The van der Waals surface area contributed by atoms with Crippen LogP contribution in [-0.2, 0) is 21.1 Å². The van der Waals surface area contributed by atoms with Gasteiger partial charge in [0.05, 0.1) is 12.3 Å². The minimum Gasteiger partial charge on any atom is -0.489 e. The number of hydrogen-bond acceptors (Lipinski definition) is 4. The first-order chi connectivity index (χ1) is 12.9. The first kappa shape index (κ1) is 20.9. The van der Waals surface area contributed by atoms with Gasteiger partial charge in [-0.25, -0.2) is 12.8 Å². The zero-order chi connectivity index (χ0) is 19.7. The number of ether oxygens (including phenoxy) is 1. The highest BCUT2D eigenvalue weighted by molar-refractivity contribution is 7.92. The summed E-state index contributed by atoms with van der Waals surface area (Å²) in [4.78, 5) is 13.4. The molecule has 7 heteroatoms. The van der Waals surface area contributed by atoms with E-state index < -0.39 is 27.3 Å². The van der Waals surface area contributed by atoms with Crippen LogP contribution >= 0.6 is 0 Å². The Hall–Kier alpha value is -2.41. The number of carbonyl (C=O) groups is 1. The molecule has 2 aromatic carbocycles. The van der Waals surface area contributed by atoms with Crippen LogP contribution in [0.4, 0.5) is 4.39 Å². The topological polar surface area (TPSA) is 63.7 Å². The minimum absolute atomic E-state index is 0.0345. The van der Waals surface area contributed by atoms with Crippen LogP contribution < -0.4 is 4.74 Å². The maximum absolute atomic E-state index is 13.5. The zero-order valence-electron chi connectivity index (χ0n) is 15.3. The van der Waals surface area contributed by atoms with Crippen molar-refractivity contribution >= 4 is 15.7 Å². The Balaban J connectivity index is 1.72. The van der Waals surface area contributed by atoms with E-state index in [4.69, 9.17) is 4.74 Å². The molecule has 146 valence electrons. The van der Waals surface area contributed by atoms with Crippen LogP contribution in [0.25, 0.3) is 0 Å². The highest BCUT2D eigenvalue weighted by Crippen LogP contribution is 2.15. The number of sulfone groups is 1. The molecule has 0 heterocycles. The smallest absolute Gasteiger partial charge is 0.237 e. The summed E-state index contributed by atoms with van der Waals surface area (Å²) < 4.78 is 43.0. The fraction of sp³-hybridized carbons (Fsp3) is 0.350. The van der Waals surface area contributed by atoms with Crippen LogP contribution in [-0.4, -0.2) is 50.9 Å². The molecular formula is C20H24FNO4S. The molecular weight excluding hydrogens is 369 g/mol. The predicted molar refractivity (Wildman–Crippen MR) is 103 cm³/mol. The minimum atomic E-state index is -3.47. The summed E-state index contributed by atoms with van der Waals surface area (Å²) in [7, 11) is -1.97. The van der Waals surface area contributed by atoms with Gasteiger partial charge in [-0.05, 0) is 30.5 Å². The van der Waals surface area contributed by atoms with Gasteiger partial charge < -0.3 is 9.64 Å². The van der Waals surface area contributed by atoms with E-state index in [1.54, 1.807) is 12.1 Å². The summed E-state index contributed by atoms with van der Waals surface area (Å²) in [6, 6.07) is 15.6. The Labute approximate surface area is 159 Å². The van der Waals surface area contributed by atoms with Gasteiger partial charge >= 0.3 is 0 Å². The molecule has 2 aromatic rings. The number of aryl methyl sites for hydroxylation is 1. The highest BCUT2D eigenvalue weighted by atomic mass is 32.2. The van der Waals surface area contributed by atoms with Gasteiger partial charge in [-0.15, -0.1) is 0 Å². The van der Waals surface area contributed by atoms with E-state index in [0.717, 1.165) is 5.56 Å². The van der Waals surface area contributed by atoms with Gasteiger partial charge in [0.15, 0.2) is 21.4 Å². The molecule has 1 amide bonds. The van der Waals surface area contributed by atoms with Crippen molar-refractivity contribution in [2.45, 2.75) is 12.8 Å². The molecule has 0 saturated heterocycles. The summed E-state index contributed by atoms with van der Waals surface area (Å²) in [5.74, 6) is -1.43. The number of nitrogens with zero attached hydrogens (tertiary/aromatic N) is 1. The molecule has 0 fully saturated rings. The van der Waals surface area contributed by atoms with Crippen LogP contribution in [0.5, 0.6) is 5.75 Å². The van der Waals surface area contributed by atoms with E-state index in [0.29, 0.717) is 12.8 Å². The van der Waals surface area contributed by atoms with Crippen molar-refractivity contribution in [3.8, 4) is 5.75 Å². The fourth-order valence-electron chi connectivity index (χ4n) is 2.49. The van der Waals surface area contributed by atoms with Gasteiger partial charge in [0.25, 0.3) is 0 Å². The Morgan fingerprint density at radius 3 is 2.44 bits per heavy atom. The molecule has 0 radical (unpaired) electrons. The third-order valence-corrected chi connectivity index (χ3v) is 5.65. The van der Waals surface area contributed by atoms with E-state index in [1.807, 2.05) is 30.3 Å². The number of carbonyl (C=O) groups excluding carboxylic acids is 1. The van der Waals surface area contributed by atoms with Crippen LogP contribution in [0.1, 0.15) is 12.0 Å². The number of amides is 1. The van der Waals surface area contributed by atoms with Crippen LogP contribution in [0, 0.1) is 5.82 Å². The van der Waals surface area contributed by atoms with Gasteiger partial charge in [-0.1, -0.05) is 42.5 Å². The summed E-state index contributed by atoms with van der Waals surface area (Å²) in [6.45, 7) is 0.254. The van der Waals surface area contributed by atoms with Gasteiger partial charge in [0.2, 0.25) is 5.91 Å². The van der Waals surface area contributed by atoms with E-state index >= 15 is 0 Å². The molecule has 0 N–H and O–H groups in total. The lowest BCUT2D eigenvalue weighted by molar-refractivity contribution is -0.127. The van der Waals surface area contributed by atoms with E-state index in [2.05, 4.69) is 0 Å². The molecule has 0 aliphatic carbocycles. The average molecular weight is 393 g/mol. The molecule has 0 atom stereocenters. The summed E-state index contributed by atoms with van der Waals surface area (Å²) >= 11 is 0. The Morgan fingerprint density at radius 2 is 1.74 bits per heavy atom. The summed E-state index contributed by atoms with van der Waals surface area (Å²) in [5, 5.41) is 0. The second-order valence-electron chi connectivity index (χ2n) is 6.28. The molecule has 0 bridgehead atoms. The lowest BCUT2D eigenvalue weighted by Gasteiger charge is -2.17. The Bertz CT molecular complexity index is 840.